The van der Waals surface area contributed by atoms with Crippen molar-refractivity contribution >= 4 is 26.3 Å². The van der Waals surface area contributed by atoms with E-state index < -0.39 is 0 Å². The van der Waals surface area contributed by atoms with Gasteiger partial charge in [-0.05, 0) is 57.6 Å². The standard InChI is InChI=1S/C32H41N2.Au.ClH/c1-21(2)26-14-11-15-27(22(3)4)31(26)33-19-25-13-9-10-18-30(25)34(20-33)32-28(23(5)6)16-12-17-29(32)24(7)8;;/h9-18,20-24H,19H2,1-8H3;;1H/q-1;+1;/p-1. The van der Waals surface area contributed by atoms with Crippen molar-refractivity contribution in [2.75, 3.05) is 9.80 Å². The molecular formula is C32H41AuClN2-. The van der Waals surface area contributed by atoms with Crippen LogP contribution in [0.4, 0.5) is 17.1 Å². The molecule has 0 radical (unpaired) electrons. The molecule has 0 saturated carbocycles. The molecule has 4 rings (SSSR count). The molecule has 0 saturated heterocycles. The monoisotopic (exact) mass is 685 g/mol. The molecule has 3 aromatic carbocycles. The molecule has 198 valence electrons. The van der Waals surface area contributed by atoms with E-state index >= 15 is 0 Å². The van der Waals surface area contributed by atoms with Gasteiger partial charge in [0, 0.05) is 23.6 Å². The van der Waals surface area contributed by atoms with Crippen LogP contribution in [0, 0.1) is 6.67 Å². The molecule has 0 unspecified atom stereocenters. The van der Waals surface area contributed by atoms with Crippen LogP contribution < -0.4 is 9.80 Å². The van der Waals surface area contributed by atoms with Crippen molar-refractivity contribution in [3.63, 3.8) is 0 Å². The molecule has 0 N–H and O–H groups in total. The molecule has 1 aliphatic rings. The van der Waals surface area contributed by atoms with Crippen LogP contribution in [-0.2, 0) is 26.5 Å². The SMILES string of the molecule is CC(C)c1cccc(C(C)C)c1N1[CH-]N(c2c(C(C)C)cccc2C(C)C)c2ccccc2C1.[Cl][Au]. The number of hydrogen-bond acceptors (Lipinski definition) is 2. The van der Waals surface area contributed by atoms with Gasteiger partial charge in [-0.1, -0.05) is 110 Å². The van der Waals surface area contributed by atoms with Crippen LogP contribution in [0.2, 0.25) is 0 Å². The Labute approximate surface area is 235 Å². The van der Waals surface area contributed by atoms with E-state index in [0.717, 1.165) is 6.54 Å². The second-order valence-electron chi connectivity index (χ2n) is 10.9. The third-order valence-corrected chi connectivity index (χ3v) is 7.06. The van der Waals surface area contributed by atoms with E-state index in [0.29, 0.717) is 23.7 Å². The second kappa shape index (κ2) is 12.7. The molecule has 0 bridgehead atoms. The first kappa shape index (κ1) is 28.9. The van der Waals surface area contributed by atoms with Gasteiger partial charge in [-0.2, -0.15) is 0 Å². The molecule has 0 fully saturated rings. The first-order chi connectivity index (χ1) is 17.2. The van der Waals surface area contributed by atoms with Crippen molar-refractivity contribution in [2.24, 2.45) is 0 Å². The van der Waals surface area contributed by atoms with E-state index in [1.165, 1.54) is 44.9 Å². The van der Waals surface area contributed by atoms with Gasteiger partial charge in [0.05, 0.1) is 0 Å². The third kappa shape index (κ3) is 5.89. The maximum absolute atomic E-state index is 4.58. The van der Waals surface area contributed by atoms with Crippen LogP contribution in [0.25, 0.3) is 0 Å². The molecule has 1 heterocycles. The van der Waals surface area contributed by atoms with Gasteiger partial charge in [-0.15, -0.1) is 6.67 Å². The van der Waals surface area contributed by atoms with E-state index in [9.17, 15) is 0 Å². The Morgan fingerprint density at radius 1 is 0.611 bits per heavy atom. The van der Waals surface area contributed by atoms with E-state index in [1.54, 1.807) is 20.0 Å². The summed E-state index contributed by atoms with van der Waals surface area (Å²) in [5.41, 5.74) is 11.0. The molecule has 2 nitrogen and oxygen atoms in total. The number of para-hydroxylation sites is 3. The van der Waals surface area contributed by atoms with Crippen LogP contribution in [0.1, 0.15) is 107 Å². The molecule has 3 aromatic rings. The van der Waals surface area contributed by atoms with Gasteiger partial charge in [-0.3, -0.25) is 0 Å². The minimum atomic E-state index is 0.443. The zero-order chi connectivity index (χ0) is 26.6. The molecule has 4 heteroatoms. The average Bonchev–Trinajstić information content (AvgIpc) is 2.88. The van der Waals surface area contributed by atoms with E-state index in [-0.39, 0.29) is 0 Å². The van der Waals surface area contributed by atoms with Crippen molar-refractivity contribution in [3.8, 4) is 0 Å². The predicted molar refractivity (Wildman–Crippen MR) is 154 cm³/mol. The summed E-state index contributed by atoms with van der Waals surface area (Å²) in [6, 6.07) is 22.6. The number of anilines is 3. The fraction of sp³-hybridized carbons (Fsp3) is 0.406. The summed E-state index contributed by atoms with van der Waals surface area (Å²) < 4.78 is 0. The van der Waals surface area contributed by atoms with E-state index in [2.05, 4.69) is 142 Å². The predicted octanol–water partition coefficient (Wildman–Crippen LogP) is 10.1. The van der Waals surface area contributed by atoms with Crippen molar-refractivity contribution in [1.29, 1.82) is 0 Å². The minimum absolute atomic E-state index is 0.443. The number of nitrogens with zero attached hydrogens (tertiary/aromatic N) is 2. The van der Waals surface area contributed by atoms with Crippen molar-refractivity contribution in [3.05, 3.63) is 95.1 Å². The quantitative estimate of drug-likeness (QED) is 0.188. The van der Waals surface area contributed by atoms with Crippen LogP contribution in [0.15, 0.2) is 60.7 Å². The summed E-state index contributed by atoms with van der Waals surface area (Å²) in [7, 11) is 4.58. The van der Waals surface area contributed by atoms with Gasteiger partial charge in [0.2, 0.25) is 0 Å². The summed E-state index contributed by atoms with van der Waals surface area (Å²) in [6.07, 6.45) is 0. The Kier molecular flexibility index (Phi) is 10.2. The zero-order valence-electron chi connectivity index (χ0n) is 22.9. The summed E-state index contributed by atoms with van der Waals surface area (Å²) >= 11 is 1.75. The molecule has 0 spiro atoms. The first-order valence-electron chi connectivity index (χ1n) is 13.1. The molecular weight excluding hydrogens is 645 g/mol. The van der Waals surface area contributed by atoms with Crippen molar-refractivity contribution < 1.29 is 20.0 Å². The second-order valence-corrected chi connectivity index (χ2v) is 10.9. The summed E-state index contributed by atoms with van der Waals surface area (Å²) in [4.78, 5) is 4.99. The fourth-order valence-electron chi connectivity index (χ4n) is 5.25. The molecule has 36 heavy (non-hydrogen) atoms. The van der Waals surface area contributed by atoms with Gasteiger partial charge in [0.25, 0.3) is 0 Å². The summed E-state index contributed by atoms with van der Waals surface area (Å²) in [5.74, 6) is 1.81. The number of halogens is 1. The first-order valence-corrected chi connectivity index (χ1v) is 15.7. The van der Waals surface area contributed by atoms with Crippen LogP contribution >= 0.6 is 9.19 Å². The van der Waals surface area contributed by atoms with Gasteiger partial charge < -0.3 is 9.80 Å². The van der Waals surface area contributed by atoms with Gasteiger partial charge in [0.1, 0.15) is 0 Å². The number of hydrogen-bond donors (Lipinski definition) is 0. The average molecular weight is 686 g/mol. The molecule has 0 atom stereocenters. The van der Waals surface area contributed by atoms with Gasteiger partial charge in [-0.25, -0.2) is 0 Å². The fourth-order valence-corrected chi connectivity index (χ4v) is 5.25. The Morgan fingerprint density at radius 2 is 1.03 bits per heavy atom. The van der Waals surface area contributed by atoms with E-state index in [1.807, 2.05) is 0 Å². The van der Waals surface area contributed by atoms with Crippen LogP contribution in [0.3, 0.4) is 0 Å². The van der Waals surface area contributed by atoms with Crippen molar-refractivity contribution in [1.82, 2.24) is 0 Å². The topological polar surface area (TPSA) is 6.48 Å². The molecule has 0 aromatic heterocycles. The normalized spacial score (nSPS) is 13.4. The zero-order valence-corrected chi connectivity index (χ0v) is 25.9. The molecule has 1 aliphatic heterocycles. The Balaban J connectivity index is 0.00000176. The number of benzene rings is 3. The Bertz CT molecular complexity index is 1100. The molecule has 0 aliphatic carbocycles. The molecule has 0 amide bonds. The number of rotatable bonds is 6. The van der Waals surface area contributed by atoms with Crippen LogP contribution in [-0.4, -0.2) is 0 Å². The third-order valence-electron chi connectivity index (χ3n) is 7.06. The maximum atomic E-state index is 4.58. The van der Waals surface area contributed by atoms with E-state index in [4.69, 9.17) is 0 Å². The Morgan fingerprint density at radius 3 is 1.47 bits per heavy atom. The van der Waals surface area contributed by atoms with Gasteiger partial charge in [0.15, 0.2) is 0 Å². The van der Waals surface area contributed by atoms with Crippen molar-refractivity contribution in [2.45, 2.75) is 85.6 Å². The summed E-state index contributed by atoms with van der Waals surface area (Å²) in [5, 5.41) is 0. The Hall–Kier alpha value is -1.71. The van der Waals surface area contributed by atoms with Gasteiger partial charge >= 0.3 is 29.2 Å². The van der Waals surface area contributed by atoms with Crippen LogP contribution in [0.5, 0.6) is 0 Å². The summed E-state index contributed by atoms with van der Waals surface area (Å²) in [6.45, 7) is 21.7. The number of fused-ring (bicyclic) bond motifs is 1.